The number of hydrogen-bond acceptors (Lipinski definition) is 6. The van der Waals surface area contributed by atoms with Crippen LogP contribution in [0.5, 0.6) is 17.2 Å². The maximum Gasteiger partial charge on any atom is 0.153 e. The van der Waals surface area contributed by atoms with Crippen LogP contribution in [0.2, 0.25) is 0 Å². The van der Waals surface area contributed by atoms with Gasteiger partial charge in [0.15, 0.2) is 11.5 Å². The van der Waals surface area contributed by atoms with Gasteiger partial charge in [-0.3, -0.25) is 0 Å². The molecule has 1 aliphatic carbocycles. The Morgan fingerprint density at radius 2 is 1.81 bits per heavy atom. The molecule has 0 amide bonds. The molecular weight excluding hydrogens is 276 g/mol. The van der Waals surface area contributed by atoms with E-state index in [2.05, 4.69) is 0 Å². The van der Waals surface area contributed by atoms with Crippen LogP contribution in [0, 0.1) is 5.92 Å². The van der Waals surface area contributed by atoms with Gasteiger partial charge in [0.2, 0.25) is 0 Å². The first-order valence-corrected chi connectivity index (χ1v) is 6.65. The number of phenols is 2. The normalized spacial score (nSPS) is 28.1. The van der Waals surface area contributed by atoms with Crippen molar-refractivity contribution in [1.82, 2.24) is 0 Å². The molecule has 1 heterocycles. The first-order valence-electron chi connectivity index (χ1n) is 6.65. The molecule has 5 N–H and O–H groups in total. The number of aromatic hydroxyl groups is 2. The molecule has 3 atom stereocenters. The van der Waals surface area contributed by atoms with E-state index < -0.39 is 12.2 Å². The van der Waals surface area contributed by atoms with Gasteiger partial charge in [-0.1, -0.05) is 0 Å². The summed E-state index contributed by atoms with van der Waals surface area (Å²) >= 11 is 0. The highest BCUT2D eigenvalue weighted by molar-refractivity contribution is 5.51. The van der Waals surface area contributed by atoms with E-state index in [-0.39, 0.29) is 35.4 Å². The zero-order chi connectivity index (χ0) is 15.1. The SMILES string of the molecule is OC1=CCC([C@H]2Oc3cc(O)cc(O)c3C[C@H]2O)C=C1O. The third-order valence-corrected chi connectivity index (χ3v) is 3.87. The van der Waals surface area contributed by atoms with E-state index in [1.54, 1.807) is 0 Å². The highest BCUT2D eigenvalue weighted by Gasteiger charge is 2.36. The first-order chi connectivity index (χ1) is 9.95. The lowest BCUT2D eigenvalue weighted by Crippen LogP contribution is -2.42. The summed E-state index contributed by atoms with van der Waals surface area (Å²) in [5.74, 6) is -0.676. The minimum absolute atomic E-state index is 0.123. The van der Waals surface area contributed by atoms with Crippen LogP contribution in [0.25, 0.3) is 0 Å². The second-order valence-corrected chi connectivity index (χ2v) is 5.34. The van der Waals surface area contributed by atoms with Gasteiger partial charge in [-0.2, -0.15) is 0 Å². The smallest absolute Gasteiger partial charge is 0.153 e. The summed E-state index contributed by atoms with van der Waals surface area (Å²) in [7, 11) is 0. The van der Waals surface area contributed by atoms with E-state index in [4.69, 9.17) is 4.74 Å². The lowest BCUT2D eigenvalue weighted by molar-refractivity contribution is -0.00315. The number of benzene rings is 1. The van der Waals surface area contributed by atoms with Crippen molar-refractivity contribution >= 4 is 0 Å². The molecular formula is C15H16O6. The Hall–Kier alpha value is -2.34. The molecule has 1 aromatic rings. The Kier molecular flexibility index (Phi) is 3.17. The number of allylic oxidation sites excluding steroid dienone is 1. The van der Waals surface area contributed by atoms with Crippen LogP contribution in [-0.2, 0) is 6.42 Å². The molecule has 0 bridgehead atoms. The maximum atomic E-state index is 10.2. The molecule has 6 nitrogen and oxygen atoms in total. The summed E-state index contributed by atoms with van der Waals surface area (Å²) in [5.41, 5.74) is 0.443. The molecule has 0 aromatic heterocycles. The van der Waals surface area contributed by atoms with E-state index >= 15 is 0 Å². The van der Waals surface area contributed by atoms with E-state index in [1.807, 2.05) is 0 Å². The number of rotatable bonds is 1. The van der Waals surface area contributed by atoms with E-state index in [0.29, 0.717) is 17.7 Å². The molecule has 0 spiro atoms. The zero-order valence-corrected chi connectivity index (χ0v) is 11.1. The average Bonchev–Trinajstić information content (AvgIpc) is 2.42. The number of phenolic OH excluding ortho intramolecular Hbond substituents is 2. The molecule has 1 unspecified atom stereocenters. The van der Waals surface area contributed by atoms with Crippen LogP contribution >= 0.6 is 0 Å². The second-order valence-electron chi connectivity index (χ2n) is 5.34. The minimum atomic E-state index is -0.865. The predicted molar refractivity (Wildman–Crippen MR) is 73.4 cm³/mol. The molecule has 0 fully saturated rings. The van der Waals surface area contributed by atoms with Gasteiger partial charge in [0.1, 0.15) is 23.4 Å². The highest BCUT2D eigenvalue weighted by Crippen LogP contribution is 2.40. The van der Waals surface area contributed by atoms with Crippen molar-refractivity contribution in [2.75, 3.05) is 0 Å². The van der Waals surface area contributed by atoms with Crippen LogP contribution in [0.1, 0.15) is 12.0 Å². The molecule has 1 aromatic carbocycles. The molecule has 0 radical (unpaired) electrons. The van der Waals surface area contributed by atoms with Crippen molar-refractivity contribution in [3.63, 3.8) is 0 Å². The molecule has 0 saturated carbocycles. The highest BCUT2D eigenvalue weighted by atomic mass is 16.5. The minimum Gasteiger partial charge on any atom is -0.508 e. The van der Waals surface area contributed by atoms with Crippen molar-refractivity contribution in [1.29, 1.82) is 0 Å². The Bertz CT molecular complexity index is 633. The first kappa shape index (κ1) is 13.6. The van der Waals surface area contributed by atoms with Crippen LogP contribution in [0.3, 0.4) is 0 Å². The number of ether oxygens (including phenoxy) is 1. The Labute approximate surface area is 120 Å². The average molecular weight is 292 g/mol. The topological polar surface area (TPSA) is 110 Å². The summed E-state index contributed by atoms with van der Waals surface area (Å²) in [4.78, 5) is 0. The summed E-state index contributed by atoms with van der Waals surface area (Å²) in [5, 5.41) is 48.5. The Morgan fingerprint density at radius 3 is 2.52 bits per heavy atom. The van der Waals surface area contributed by atoms with Gasteiger partial charge in [-0.25, -0.2) is 0 Å². The van der Waals surface area contributed by atoms with Crippen LogP contribution in [-0.4, -0.2) is 37.7 Å². The molecule has 1 aliphatic heterocycles. The van der Waals surface area contributed by atoms with Gasteiger partial charge in [0, 0.05) is 30.0 Å². The summed E-state index contributed by atoms with van der Waals surface area (Å²) in [6.07, 6.45) is 2.01. The van der Waals surface area contributed by atoms with Gasteiger partial charge in [0.05, 0.1) is 6.10 Å². The van der Waals surface area contributed by atoms with Crippen molar-refractivity contribution < 1.29 is 30.3 Å². The zero-order valence-electron chi connectivity index (χ0n) is 11.1. The number of aliphatic hydroxyl groups is 3. The van der Waals surface area contributed by atoms with Crippen molar-refractivity contribution in [3.8, 4) is 17.2 Å². The monoisotopic (exact) mass is 292 g/mol. The molecule has 0 saturated heterocycles. The van der Waals surface area contributed by atoms with Gasteiger partial charge >= 0.3 is 0 Å². The lowest BCUT2D eigenvalue weighted by atomic mass is 9.86. The van der Waals surface area contributed by atoms with Gasteiger partial charge < -0.3 is 30.3 Å². The van der Waals surface area contributed by atoms with Crippen molar-refractivity contribution in [3.05, 3.63) is 41.4 Å². The number of fused-ring (bicyclic) bond motifs is 1. The quantitative estimate of drug-likeness (QED) is 0.538. The van der Waals surface area contributed by atoms with Crippen LogP contribution in [0.15, 0.2) is 35.8 Å². The fourth-order valence-electron chi connectivity index (χ4n) is 2.79. The number of hydrogen-bond donors (Lipinski definition) is 5. The fraction of sp³-hybridized carbons (Fsp3) is 0.333. The third-order valence-electron chi connectivity index (χ3n) is 3.87. The fourth-order valence-corrected chi connectivity index (χ4v) is 2.79. The molecule has 3 rings (SSSR count). The van der Waals surface area contributed by atoms with Crippen LogP contribution < -0.4 is 4.74 Å². The van der Waals surface area contributed by atoms with E-state index in [9.17, 15) is 25.5 Å². The Morgan fingerprint density at radius 1 is 1.05 bits per heavy atom. The van der Waals surface area contributed by atoms with Gasteiger partial charge in [-0.15, -0.1) is 0 Å². The Balaban J connectivity index is 1.89. The van der Waals surface area contributed by atoms with Gasteiger partial charge in [-0.05, 0) is 18.6 Å². The molecule has 112 valence electrons. The largest absolute Gasteiger partial charge is 0.508 e. The number of aliphatic hydroxyl groups excluding tert-OH is 3. The summed E-state index contributed by atoms with van der Waals surface area (Å²) in [6, 6.07) is 2.58. The van der Waals surface area contributed by atoms with E-state index in [0.717, 1.165) is 0 Å². The van der Waals surface area contributed by atoms with Gasteiger partial charge in [0.25, 0.3) is 0 Å². The standard InChI is InChI=1S/C15H16O6/c16-8-4-11(18)9-6-13(20)15(21-14(9)5-8)7-1-2-10(17)12(19)3-7/h2-5,7,13,15-20H,1,6H2/t7?,13-,15-/m1/s1. The van der Waals surface area contributed by atoms with Crippen LogP contribution in [0.4, 0.5) is 0 Å². The third kappa shape index (κ3) is 2.38. The predicted octanol–water partition coefficient (Wildman–Crippen LogP) is 1.67. The molecule has 21 heavy (non-hydrogen) atoms. The van der Waals surface area contributed by atoms with Crippen molar-refractivity contribution in [2.24, 2.45) is 5.92 Å². The van der Waals surface area contributed by atoms with E-state index in [1.165, 1.54) is 24.3 Å². The lowest BCUT2D eigenvalue weighted by Gasteiger charge is -2.35. The molecule has 6 heteroatoms. The maximum absolute atomic E-state index is 10.2. The summed E-state index contributed by atoms with van der Waals surface area (Å²) in [6.45, 7) is 0. The second kappa shape index (κ2) is 4.89. The summed E-state index contributed by atoms with van der Waals surface area (Å²) < 4.78 is 5.69. The van der Waals surface area contributed by atoms with Crippen molar-refractivity contribution in [2.45, 2.75) is 25.0 Å². The molecule has 2 aliphatic rings.